The topological polar surface area (TPSA) is 104 Å². The van der Waals surface area contributed by atoms with Gasteiger partial charge in [-0.15, -0.1) is 0 Å². The van der Waals surface area contributed by atoms with Gasteiger partial charge in [-0.05, 0) is 99.1 Å². The molecule has 0 aliphatic carbocycles. The van der Waals surface area contributed by atoms with Crippen LogP contribution in [-0.2, 0) is 22.4 Å². The van der Waals surface area contributed by atoms with Gasteiger partial charge in [0, 0.05) is 49.4 Å². The smallest absolute Gasteiger partial charge is 0.227 e. The first kappa shape index (κ1) is 36.6. The number of likely N-dealkylation sites (tertiary alicyclic amines) is 4. The van der Waals surface area contributed by atoms with Crippen molar-refractivity contribution >= 4 is 33.9 Å². The van der Waals surface area contributed by atoms with Crippen LogP contribution in [0.1, 0.15) is 84.5 Å². The van der Waals surface area contributed by atoms with Crippen molar-refractivity contribution in [1.29, 1.82) is 0 Å². The van der Waals surface area contributed by atoms with E-state index in [1.165, 1.54) is 0 Å². The molecule has 58 heavy (non-hydrogen) atoms. The molecule has 4 aliphatic rings. The molecule has 0 radical (unpaired) electrons. The predicted molar refractivity (Wildman–Crippen MR) is 226 cm³/mol. The fourth-order valence-corrected chi connectivity index (χ4v) is 9.95. The number of imidazole rings is 2. The third-order valence-electron chi connectivity index (χ3n) is 12.9. The van der Waals surface area contributed by atoms with Gasteiger partial charge in [-0.1, -0.05) is 72.5 Å². The number of hydrogen-bond donors (Lipinski definition) is 2. The van der Waals surface area contributed by atoms with E-state index in [0.717, 1.165) is 134 Å². The van der Waals surface area contributed by atoms with Crippen LogP contribution in [0.25, 0.3) is 22.1 Å². The van der Waals surface area contributed by atoms with E-state index in [1.807, 2.05) is 70.5 Å². The van der Waals surface area contributed by atoms with Crippen molar-refractivity contribution in [2.24, 2.45) is 0 Å². The fourth-order valence-electron chi connectivity index (χ4n) is 9.95. The standard InChI is InChI=1S/C48H50N8O2/c57-45(29-33-9-3-1-4-10-33)53-25-21-37(31-53)55-23-7-13-43(55)47-49-39-19-17-35(27-41(39)51-47)15-16-36-18-20-40-42(28-36)52-48(50-40)44-14-8-24-56(44)38-22-26-54(32-38)46(58)30-34-11-5-2-6-12-34/h1-6,9-12,17-20,27-28,37-38,43-44H,7-8,13-14,21-26,29-32H2,(H,49,51)(H,50,52)/t37-,38?,43?,44+/m1/s1. The lowest BCUT2D eigenvalue weighted by Crippen LogP contribution is -2.39. The van der Waals surface area contributed by atoms with Crippen LogP contribution >= 0.6 is 0 Å². The second-order valence-electron chi connectivity index (χ2n) is 16.6. The van der Waals surface area contributed by atoms with Gasteiger partial charge in [0.1, 0.15) is 11.6 Å². The summed E-state index contributed by atoms with van der Waals surface area (Å²) >= 11 is 0. The summed E-state index contributed by atoms with van der Waals surface area (Å²) in [6.07, 6.45) is 7.31. The SMILES string of the molecule is O=C(Cc1ccccc1)N1CCC(N2CCC[C@H]2c2nc3cc(C#Cc4ccc5[nH]c(C6CCCN6[C@@H]6CCN(C(=O)Cc7ccccc7)C6)nc5c4)ccc3[nH]2)C1. The third kappa shape index (κ3) is 7.52. The molecule has 294 valence electrons. The van der Waals surface area contributed by atoms with Crippen LogP contribution in [0.5, 0.6) is 0 Å². The molecular weight excluding hydrogens is 721 g/mol. The highest BCUT2D eigenvalue weighted by Gasteiger charge is 2.39. The number of carbonyl (C=O) groups excluding carboxylic acids is 2. The third-order valence-corrected chi connectivity index (χ3v) is 12.9. The molecule has 10 heteroatoms. The van der Waals surface area contributed by atoms with Gasteiger partial charge in [-0.2, -0.15) is 0 Å². The normalized spacial score (nSPS) is 22.6. The lowest BCUT2D eigenvalue weighted by atomic mass is 10.1. The minimum Gasteiger partial charge on any atom is -0.341 e. The van der Waals surface area contributed by atoms with Gasteiger partial charge >= 0.3 is 0 Å². The highest BCUT2D eigenvalue weighted by molar-refractivity contribution is 5.80. The second-order valence-corrected chi connectivity index (χ2v) is 16.6. The summed E-state index contributed by atoms with van der Waals surface area (Å²) < 4.78 is 0. The number of rotatable bonds is 8. The highest BCUT2D eigenvalue weighted by Crippen LogP contribution is 2.37. The number of nitrogens with zero attached hydrogens (tertiary/aromatic N) is 6. The quantitative estimate of drug-likeness (QED) is 0.165. The average molecular weight is 771 g/mol. The van der Waals surface area contributed by atoms with Crippen LogP contribution in [0, 0.1) is 11.8 Å². The summed E-state index contributed by atoms with van der Waals surface area (Å²) in [6, 6.07) is 33.7. The van der Waals surface area contributed by atoms with Gasteiger partial charge in [-0.3, -0.25) is 19.4 Å². The maximum atomic E-state index is 13.1. The van der Waals surface area contributed by atoms with Gasteiger partial charge in [0.2, 0.25) is 11.8 Å². The Hall–Kier alpha value is -5.76. The first-order chi connectivity index (χ1) is 28.5. The summed E-state index contributed by atoms with van der Waals surface area (Å²) in [5, 5.41) is 0. The Morgan fingerprint density at radius 1 is 0.569 bits per heavy atom. The van der Waals surface area contributed by atoms with Gasteiger partial charge in [0.25, 0.3) is 0 Å². The van der Waals surface area contributed by atoms with Crippen LogP contribution in [-0.4, -0.2) is 103 Å². The zero-order chi connectivity index (χ0) is 39.0. The van der Waals surface area contributed by atoms with Crippen LogP contribution in [0.4, 0.5) is 0 Å². The van der Waals surface area contributed by atoms with Gasteiger partial charge in [0.15, 0.2) is 0 Å². The minimum atomic E-state index is 0.216. The molecule has 2 aromatic heterocycles. The number of H-pyrrole nitrogens is 2. The summed E-state index contributed by atoms with van der Waals surface area (Å²) in [6.45, 7) is 5.25. The fraction of sp³-hybridized carbons (Fsp3) is 0.375. The van der Waals surface area contributed by atoms with Gasteiger partial charge < -0.3 is 19.8 Å². The van der Waals surface area contributed by atoms with E-state index < -0.39 is 0 Å². The lowest BCUT2D eigenvalue weighted by molar-refractivity contribution is -0.130. The Bertz CT molecular complexity index is 2330. The zero-order valence-corrected chi connectivity index (χ0v) is 32.9. The molecule has 2 unspecified atom stereocenters. The molecule has 10 nitrogen and oxygen atoms in total. The van der Waals surface area contributed by atoms with E-state index in [1.54, 1.807) is 0 Å². The van der Waals surface area contributed by atoms with Crippen molar-refractivity contribution < 1.29 is 9.59 Å². The largest absolute Gasteiger partial charge is 0.341 e. The van der Waals surface area contributed by atoms with Gasteiger partial charge in [0.05, 0.1) is 47.0 Å². The number of aromatic amines is 2. The molecule has 6 heterocycles. The highest BCUT2D eigenvalue weighted by atomic mass is 16.2. The molecule has 0 saturated carbocycles. The van der Waals surface area contributed by atoms with Crippen molar-refractivity contribution in [3.8, 4) is 11.8 Å². The van der Waals surface area contributed by atoms with Crippen LogP contribution in [0.2, 0.25) is 0 Å². The average Bonchev–Trinajstić information content (AvgIpc) is 4.09. The van der Waals surface area contributed by atoms with Crippen LogP contribution < -0.4 is 0 Å². The maximum absolute atomic E-state index is 13.1. The molecule has 4 aromatic carbocycles. The number of nitrogens with one attached hydrogen (secondary N) is 2. The molecular formula is C48H50N8O2. The Morgan fingerprint density at radius 2 is 1.02 bits per heavy atom. The van der Waals surface area contributed by atoms with Crippen molar-refractivity contribution in [1.82, 2.24) is 39.5 Å². The molecule has 0 bridgehead atoms. The molecule has 4 aliphatic heterocycles. The lowest BCUT2D eigenvalue weighted by Gasteiger charge is -2.29. The summed E-state index contributed by atoms with van der Waals surface area (Å²) in [5.41, 5.74) is 7.90. The summed E-state index contributed by atoms with van der Waals surface area (Å²) in [7, 11) is 0. The molecule has 2 amide bonds. The van der Waals surface area contributed by atoms with E-state index in [9.17, 15) is 9.59 Å². The molecule has 10 rings (SSSR count). The number of carbonyl (C=O) groups is 2. The number of aromatic nitrogens is 4. The Labute approximate surface area is 339 Å². The van der Waals surface area contributed by atoms with Crippen molar-refractivity contribution in [2.45, 2.75) is 75.5 Å². The first-order valence-electron chi connectivity index (χ1n) is 21.2. The molecule has 4 atom stereocenters. The molecule has 4 saturated heterocycles. The van der Waals surface area contributed by atoms with E-state index in [4.69, 9.17) is 9.97 Å². The summed E-state index contributed by atoms with van der Waals surface area (Å²) in [5.74, 6) is 9.22. The number of amides is 2. The molecule has 4 fully saturated rings. The van der Waals surface area contributed by atoms with Gasteiger partial charge in [-0.25, -0.2) is 9.97 Å². The van der Waals surface area contributed by atoms with Crippen molar-refractivity contribution in [3.63, 3.8) is 0 Å². The van der Waals surface area contributed by atoms with Crippen molar-refractivity contribution in [2.75, 3.05) is 39.3 Å². The van der Waals surface area contributed by atoms with Crippen LogP contribution in [0.15, 0.2) is 97.1 Å². The Morgan fingerprint density at radius 3 is 1.47 bits per heavy atom. The van der Waals surface area contributed by atoms with E-state index in [2.05, 4.69) is 68.0 Å². The number of hydrogen-bond acceptors (Lipinski definition) is 6. The number of fused-ring (bicyclic) bond motifs is 2. The van der Waals surface area contributed by atoms with Crippen molar-refractivity contribution in [3.05, 3.63) is 131 Å². The van der Waals surface area contributed by atoms with E-state index in [0.29, 0.717) is 24.9 Å². The number of benzene rings is 4. The molecule has 2 N–H and O–H groups in total. The second kappa shape index (κ2) is 15.9. The predicted octanol–water partition coefficient (Wildman–Crippen LogP) is 6.80. The molecule has 0 spiro atoms. The Kier molecular flexibility index (Phi) is 10.0. The maximum Gasteiger partial charge on any atom is 0.227 e. The molecule has 6 aromatic rings. The monoisotopic (exact) mass is 770 g/mol. The summed E-state index contributed by atoms with van der Waals surface area (Å²) in [4.78, 5) is 52.9. The zero-order valence-electron chi connectivity index (χ0n) is 32.9. The van der Waals surface area contributed by atoms with E-state index in [-0.39, 0.29) is 23.9 Å². The van der Waals surface area contributed by atoms with E-state index >= 15 is 0 Å². The minimum absolute atomic E-state index is 0.216. The Balaban J connectivity index is 0.785. The first-order valence-corrected chi connectivity index (χ1v) is 21.2. The van der Waals surface area contributed by atoms with Crippen LogP contribution in [0.3, 0.4) is 0 Å².